The van der Waals surface area contributed by atoms with Crippen LogP contribution in [0.3, 0.4) is 0 Å². The minimum absolute atomic E-state index is 0.517. The second-order valence-corrected chi connectivity index (χ2v) is 7.01. The molecule has 1 N–H and O–H groups in total. The Balaban J connectivity index is 1.95. The second kappa shape index (κ2) is 8.28. The number of benzene rings is 1. The molecule has 1 saturated carbocycles. The van der Waals surface area contributed by atoms with Crippen molar-refractivity contribution < 1.29 is 4.74 Å². The van der Waals surface area contributed by atoms with E-state index in [-0.39, 0.29) is 0 Å². The van der Waals surface area contributed by atoms with Crippen molar-refractivity contribution in [2.24, 2.45) is 0 Å². The van der Waals surface area contributed by atoms with Gasteiger partial charge in [-0.05, 0) is 30.0 Å². The third-order valence-corrected chi connectivity index (χ3v) is 4.59. The number of rotatable bonds is 9. The summed E-state index contributed by atoms with van der Waals surface area (Å²) in [7, 11) is 1.78. The van der Waals surface area contributed by atoms with E-state index in [9.17, 15) is 0 Å². The van der Waals surface area contributed by atoms with Crippen LogP contribution in [0.5, 0.6) is 0 Å². The lowest BCUT2D eigenvalue weighted by Gasteiger charge is -2.22. The summed E-state index contributed by atoms with van der Waals surface area (Å²) in [6.45, 7) is 8.10. The highest BCUT2D eigenvalue weighted by Crippen LogP contribution is 2.30. The zero-order chi connectivity index (χ0) is 15.2. The van der Waals surface area contributed by atoms with E-state index in [1.165, 1.54) is 28.4 Å². The van der Waals surface area contributed by atoms with E-state index in [0.717, 1.165) is 32.3 Å². The normalized spacial score (nSPS) is 15.1. The number of hydrogen-bond donors (Lipinski definition) is 1. The average Bonchev–Trinajstić information content (AvgIpc) is 3.27. The van der Waals surface area contributed by atoms with Crippen LogP contribution in [-0.2, 0) is 17.8 Å². The van der Waals surface area contributed by atoms with Crippen LogP contribution in [0, 0.1) is 0 Å². The van der Waals surface area contributed by atoms with Gasteiger partial charge in [0.15, 0.2) is 0 Å². The van der Waals surface area contributed by atoms with Crippen LogP contribution in [0.25, 0.3) is 0 Å². The van der Waals surface area contributed by atoms with Gasteiger partial charge in [0.2, 0.25) is 0 Å². The Morgan fingerprint density at radius 3 is 2.71 bits per heavy atom. The van der Waals surface area contributed by atoms with Crippen LogP contribution in [0.4, 0.5) is 0 Å². The quantitative estimate of drug-likeness (QED) is 0.733. The summed E-state index contributed by atoms with van der Waals surface area (Å²) in [6.07, 6.45) is 2.66. The Hall–Kier alpha value is -0.420. The fraction of sp³-hybridized carbons (Fsp3) is 0.647. The van der Waals surface area contributed by atoms with Crippen molar-refractivity contribution in [1.82, 2.24) is 10.2 Å². The molecule has 0 aliphatic heterocycles. The molecule has 2 rings (SSSR count). The second-order valence-electron chi connectivity index (χ2n) is 6.16. The summed E-state index contributed by atoms with van der Waals surface area (Å²) in [5.41, 5.74) is 2.69. The lowest BCUT2D eigenvalue weighted by molar-refractivity contribution is 0.139. The Morgan fingerprint density at radius 2 is 2.14 bits per heavy atom. The summed E-state index contributed by atoms with van der Waals surface area (Å²) < 4.78 is 6.45. The molecule has 4 heteroatoms. The lowest BCUT2D eigenvalue weighted by Crippen LogP contribution is -2.29. The Morgan fingerprint density at radius 1 is 1.38 bits per heavy atom. The monoisotopic (exact) mass is 354 g/mol. The highest BCUT2D eigenvalue weighted by atomic mass is 79.9. The molecular formula is C17H27BrN2O. The largest absolute Gasteiger partial charge is 0.383 e. The number of methoxy groups -OCH3 is 1. The molecular weight excluding hydrogens is 328 g/mol. The summed E-state index contributed by atoms with van der Waals surface area (Å²) >= 11 is 3.73. The van der Waals surface area contributed by atoms with E-state index < -0.39 is 0 Å². The minimum atomic E-state index is 0.517. The fourth-order valence-electron chi connectivity index (χ4n) is 2.41. The standard InChI is InChI=1S/C17H27BrN2O/c1-13(2)19-11-14-4-5-15(17(18)10-14)12-20(8-9-21-3)16-6-7-16/h4-5,10,13,16,19H,6-9,11-12H2,1-3H3. The first-order valence-corrected chi connectivity index (χ1v) is 8.63. The summed E-state index contributed by atoms with van der Waals surface area (Å²) in [6, 6.07) is 8.00. The van der Waals surface area contributed by atoms with E-state index in [2.05, 4.69) is 58.2 Å². The Bertz CT molecular complexity index is 446. The van der Waals surface area contributed by atoms with Gasteiger partial charge in [0.25, 0.3) is 0 Å². The molecule has 1 aliphatic rings. The zero-order valence-electron chi connectivity index (χ0n) is 13.4. The lowest BCUT2D eigenvalue weighted by atomic mass is 10.1. The molecule has 0 atom stereocenters. The van der Waals surface area contributed by atoms with Crippen LogP contribution in [0.2, 0.25) is 0 Å². The van der Waals surface area contributed by atoms with Gasteiger partial charge in [0.1, 0.15) is 0 Å². The molecule has 0 saturated heterocycles. The first kappa shape index (κ1) is 16.9. The Kier molecular flexibility index (Phi) is 6.68. The topological polar surface area (TPSA) is 24.5 Å². The maximum absolute atomic E-state index is 5.23. The van der Waals surface area contributed by atoms with E-state index in [4.69, 9.17) is 4.74 Å². The van der Waals surface area contributed by atoms with Crippen molar-refractivity contribution in [3.8, 4) is 0 Å². The van der Waals surface area contributed by atoms with Crippen molar-refractivity contribution in [3.63, 3.8) is 0 Å². The van der Waals surface area contributed by atoms with Crippen molar-refractivity contribution in [2.75, 3.05) is 20.3 Å². The van der Waals surface area contributed by atoms with Gasteiger partial charge in [-0.15, -0.1) is 0 Å². The molecule has 21 heavy (non-hydrogen) atoms. The number of halogens is 1. The molecule has 1 aromatic carbocycles. The molecule has 1 fully saturated rings. The third kappa shape index (κ3) is 5.70. The zero-order valence-corrected chi connectivity index (χ0v) is 14.9. The smallest absolute Gasteiger partial charge is 0.0589 e. The average molecular weight is 355 g/mol. The van der Waals surface area contributed by atoms with Crippen molar-refractivity contribution >= 4 is 15.9 Å². The van der Waals surface area contributed by atoms with Gasteiger partial charge in [-0.25, -0.2) is 0 Å². The fourth-order valence-corrected chi connectivity index (χ4v) is 2.96. The molecule has 1 aliphatic carbocycles. The van der Waals surface area contributed by atoms with E-state index in [1.54, 1.807) is 7.11 Å². The summed E-state index contributed by atoms with van der Waals surface area (Å²) in [5, 5.41) is 3.46. The van der Waals surface area contributed by atoms with Gasteiger partial charge in [0, 0.05) is 43.3 Å². The van der Waals surface area contributed by atoms with Crippen molar-refractivity contribution in [3.05, 3.63) is 33.8 Å². The van der Waals surface area contributed by atoms with Gasteiger partial charge < -0.3 is 10.1 Å². The van der Waals surface area contributed by atoms with Crippen molar-refractivity contribution in [2.45, 2.75) is 51.9 Å². The molecule has 0 aromatic heterocycles. The van der Waals surface area contributed by atoms with Crippen LogP contribution in [-0.4, -0.2) is 37.2 Å². The number of ether oxygens (including phenoxy) is 1. The maximum atomic E-state index is 5.23. The van der Waals surface area contributed by atoms with Gasteiger partial charge in [0.05, 0.1) is 6.61 Å². The van der Waals surface area contributed by atoms with Crippen molar-refractivity contribution in [1.29, 1.82) is 0 Å². The predicted molar refractivity (Wildman–Crippen MR) is 91.4 cm³/mol. The summed E-state index contributed by atoms with van der Waals surface area (Å²) in [5.74, 6) is 0. The van der Waals surface area contributed by atoms with Gasteiger partial charge in [-0.1, -0.05) is 41.9 Å². The number of hydrogen-bond acceptors (Lipinski definition) is 3. The number of nitrogens with one attached hydrogen (secondary N) is 1. The molecule has 3 nitrogen and oxygen atoms in total. The molecule has 0 unspecified atom stereocenters. The highest BCUT2D eigenvalue weighted by Gasteiger charge is 2.28. The van der Waals surface area contributed by atoms with Gasteiger partial charge in [-0.3, -0.25) is 4.90 Å². The molecule has 0 spiro atoms. The molecule has 118 valence electrons. The third-order valence-electron chi connectivity index (χ3n) is 3.85. The number of nitrogens with zero attached hydrogens (tertiary/aromatic N) is 1. The maximum Gasteiger partial charge on any atom is 0.0589 e. The van der Waals surface area contributed by atoms with Crippen LogP contribution >= 0.6 is 15.9 Å². The van der Waals surface area contributed by atoms with Gasteiger partial charge >= 0.3 is 0 Å². The van der Waals surface area contributed by atoms with E-state index >= 15 is 0 Å². The van der Waals surface area contributed by atoms with E-state index in [0.29, 0.717) is 6.04 Å². The highest BCUT2D eigenvalue weighted by molar-refractivity contribution is 9.10. The van der Waals surface area contributed by atoms with Crippen LogP contribution in [0.15, 0.2) is 22.7 Å². The Labute approximate surface area is 137 Å². The van der Waals surface area contributed by atoms with Gasteiger partial charge in [-0.2, -0.15) is 0 Å². The molecule has 1 aromatic rings. The molecule has 0 heterocycles. The molecule has 0 amide bonds. The minimum Gasteiger partial charge on any atom is -0.383 e. The predicted octanol–water partition coefficient (Wildman–Crippen LogP) is 3.56. The van der Waals surface area contributed by atoms with Crippen LogP contribution in [0.1, 0.15) is 37.8 Å². The first-order chi connectivity index (χ1) is 10.1. The molecule has 0 radical (unpaired) electrons. The molecule has 0 bridgehead atoms. The first-order valence-electron chi connectivity index (χ1n) is 7.84. The van der Waals surface area contributed by atoms with E-state index in [1.807, 2.05) is 0 Å². The SMILES string of the molecule is COCCN(Cc1ccc(CNC(C)C)cc1Br)C1CC1. The summed E-state index contributed by atoms with van der Waals surface area (Å²) in [4.78, 5) is 2.54. The van der Waals surface area contributed by atoms with Crippen LogP contribution < -0.4 is 5.32 Å².